The molecule has 5 nitrogen and oxygen atoms in total. The van der Waals surface area contributed by atoms with E-state index in [0.717, 1.165) is 11.1 Å². The largest absolute Gasteiger partial charge is 0.467 e. The van der Waals surface area contributed by atoms with Gasteiger partial charge in [-0.1, -0.05) is 60.7 Å². The number of carbonyl (C=O) groups is 2. The first kappa shape index (κ1) is 17.7. The van der Waals surface area contributed by atoms with Crippen LogP contribution >= 0.6 is 0 Å². The van der Waals surface area contributed by atoms with E-state index in [1.165, 1.54) is 14.2 Å². The third-order valence-corrected chi connectivity index (χ3v) is 3.66. The van der Waals surface area contributed by atoms with Crippen molar-refractivity contribution in [3.63, 3.8) is 0 Å². The van der Waals surface area contributed by atoms with Gasteiger partial charge in [-0.2, -0.15) is 0 Å². The highest BCUT2D eigenvalue weighted by atomic mass is 16.5. The van der Waals surface area contributed by atoms with E-state index >= 15 is 0 Å². The molecule has 0 radical (unpaired) electrons. The predicted molar refractivity (Wildman–Crippen MR) is 90.3 cm³/mol. The van der Waals surface area contributed by atoms with Crippen LogP contribution in [0, 0.1) is 0 Å². The van der Waals surface area contributed by atoms with Crippen LogP contribution in [0.15, 0.2) is 60.7 Å². The summed E-state index contributed by atoms with van der Waals surface area (Å²) < 4.78 is 10.1. The van der Waals surface area contributed by atoms with Gasteiger partial charge in [-0.3, -0.25) is 4.79 Å². The SMILES string of the molecule is COC(=O)[C@H](Cc1ccccc1)NC(=O)[C@@H](OC)c1ccccc1. The molecule has 5 heteroatoms. The second-order valence-electron chi connectivity index (χ2n) is 5.30. The number of ether oxygens (including phenoxy) is 2. The molecule has 0 fully saturated rings. The van der Waals surface area contributed by atoms with Crippen molar-refractivity contribution in [2.75, 3.05) is 14.2 Å². The molecule has 0 saturated heterocycles. The van der Waals surface area contributed by atoms with E-state index in [-0.39, 0.29) is 5.91 Å². The molecular weight excluding hydrogens is 306 g/mol. The van der Waals surface area contributed by atoms with Crippen LogP contribution in [0.2, 0.25) is 0 Å². The van der Waals surface area contributed by atoms with Crippen LogP contribution in [0.3, 0.4) is 0 Å². The number of rotatable bonds is 7. The Bertz CT molecular complexity index is 658. The van der Waals surface area contributed by atoms with E-state index in [4.69, 9.17) is 9.47 Å². The van der Waals surface area contributed by atoms with Gasteiger partial charge >= 0.3 is 5.97 Å². The smallest absolute Gasteiger partial charge is 0.328 e. The molecule has 2 aromatic carbocycles. The number of hydrogen-bond donors (Lipinski definition) is 1. The highest BCUT2D eigenvalue weighted by Gasteiger charge is 2.27. The van der Waals surface area contributed by atoms with Crippen LogP contribution in [0.25, 0.3) is 0 Å². The zero-order valence-electron chi connectivity index (χ0n) is 13.8. The summed E-state index contributed by atoms with van der Waals surface area (Å²) in [4.78, 5) is 24.6. The van der Waals surface area contributed by atoms with Crippen LogP contribution in [0.5, 0.6) is 0 Å². The zero-order valence-corrected chi connectivity index (χ0v) is 13.8. The standard InChI is InChI=1S/C19H21NO4/c1-23-17(15-11-7-4-8-12-15)18(21)20-16(19(22)24-2)13-14-9-5-3-6-10-14/h3-12,16-17H,13H2,1-2H3,(H,20,21)/t16-,17-/m0/s1. The van der Waals surface area contributed by atoms with Gasteiger partial charge in [0.25, 0.3) is 5.91 Å². The Morgan fingerprint density at radius 3 is 2.08 bits per heavy atom. The minimum absolute atomic E-state index is 0.352. The van der Waals surface area contributed by atoms with E-state index in [2.05, 4.69) is 5.32 Å². The molecule has 1 amide bonds. The molecule has 2 rings (SSSR count). The lowest BCUT2D eigenvalue weighted by atomic mass is 10.0. The fourth-order valence-electron chi connectivity index (χ4n) is 2.46. The molecule has 0 heterocycles. The predicted octanol–water partition coefficient (Wildman–Crippen LogP) is 2.27. The molecule has 2 aromatic rings. The maximum absolute atomic E-state index is 12.6. The summed E-state index contributed by atoms with van der Waals surface area (Å²) in [6, 6.07) is 17.8. The molecule has 126 valence electrons. The average molecular weight is 327 g/mol. The Balaban J connectivity index is 2.13. The Hall–Kier alpha value is -2.66. The zero-order chi connectivity index (χ0) is 17.4. The Labute approximate surface area is 141 Å². The topological polar surface area (TPSA) is 64.6 Å². The van der Waals surface area contributed by atoms with E-state index in [9.17, 15) is 9.59 Å². The molecule has 0 aliphatic heterocycles. The van der Waals surface area contributed by atoms with Gasteiger partial charge in [-0.15, -0.1) is 0 Å². The molecule has 0 aliphatic rings. The minimum Gasteiger partial charge on any atom is -0.467 e. The van der Waals surface area contributed by atoms with Gasteiger partial charge in [0.2, 0.25) is 0 Å². The Kier molecular flexibility index (Phi) is 6.51. The number of nitrogens with one attached hydrogen (secondary N) is 1. The van der Waals surface area contributed by atoms with Gasteiger partial charge in [0.05, 0.1) is 7.11 Å². The number of methoxy groups -OCH3 is 2. The summed E-state index contributed by atoms with van der Waals surface area (Å²) in [5.41, 5.74) is 1.66. The lowest BCUT2D eigenvalue weighted by molar-refractivity contribution is -0.146. The van der Waals surface area contributed by atoms with E-state index in [0.29, 0.717) is 6.42 Å². The fraction of sp³-hybridized carbons (Fsp3) is 0.263. The molecule has 0 aliphatic carbocycles. The first-order chi connectivity index (χ1) is 11.7. The van der Waals surface area contributed by atoms with Gasteiger partial charge in [-0.05, 0) is 11.1 Å². The van der Waals surface area contributed by atoms with Crippen LogP contribution in [-0.2, 0) is 25.5 Å². The van der Waals surface area contributed by atoms with E-state index < -0.39 is 18.1 Å². The van der Waals surface area contributed by atoms with Crippen LogP contribution in [0.1, 0.15) is 17.2 Å². The van der Waals surface area contributed by atoms with Crippen molar-refractivity contribution in [1.82, 2.24) is 5.32 Å². The molecular formula is C19H21NO4. The maximum atomic E-state index is 12.6. The number of esters is 1. The highest BCUT2D eigenvalue weighted by molar-refractivity contribution is 5.87. The van der Waals surface area contributed by atoms with E-state index in [1.54, 1.807) is 12.1 Å². The summed E-state index contributed by atoms with van der Waals surface area (Å²) >= 11 is 0. The molecule has 0 aromatic heterocycles. The van der Waals surface area contributed by atoms with Crippen LogP contribution in [-0.4, -0.2) is 32.1 Å². The Morgan fingerprint density at radius 2 is 1.54 bits per heavy atom. The average Bonchev–Trinajstić information content (AvgIpc) is 2.63. The van der Waals surface area contributed by atoms with Crippen molar-refractivity contribution in [3.8, 4) is 0 Å². The van der Waals surface area contributed by atoms with Gasteiger partial charge in [-0.25, -0.2) is 4.79 Å². The molecule has 2 atom stereocenters. The summed E-state index contributed by atoms with van der Waals surface area (Å²) in [5.74, 6) is -0.870. The molecule has 0 unspecified atom stereocenters. The van der Waals surface area contributed by atoms with Crippen molar-refractivity contribution in [1.29, 1.82) is 0 Å². The quantitative estimate of drug-likeness (QED) is 0.793. The third-order valence-electron chi connectivity index (χ3n) is 3.66. The summed E-state index contributed by atoms with van der Waals surface area (Å²) in [7, 11) is 2.76. The summed E-state index contributed by atoms with van der Waals surface area (Å²) in [5, 5.41) is 2.73. The van der Waals surface area contributed by atoms with Crippen LogP contribution in [0.4, 0.5) is 0 Å². The fourth-order valence-corrected chi connectivity index (χ4v) is 2.46. The second-order valence-corrected chi connectivity index (χ2v) is 5.30. The highest BCUT2D eigenvalue weighted by Crippen LogP contribution is 2.17. The van der Waals surface area contributed by atoms with Crippen molar-refractivity contribution in [3.05, 3.63) is 71.8 Å². The second kappa shape index (κ2) is 8.84. The van der Waals surface area contributed by atoms with Crippen molar-refractivity contribution >= 4 is 11.9 Å². The number of hydrogen-bond acceptors (Lipinski definition) is 4. The lowest BCUT2D eigenvalue weighted by Gasteiger charge is -2.21. The first-order valence-electron chi connectivity index (χ1n) is 7.65. The van der Waals surface area contributed by atoms with Crippen molar-refractivity contribution < 1.29 is 19.1 Å². The van der Waals surface area contributed by atoms with E-state index in [1.807, 2.05) is 48.5 Å². The van der Waals surface area contributed by atoms with Gasteiger partial charge < -0.3 is 14.8 Å². The van der Waals surface area contributed by atoms with Crippen molar-refractivity contribution in [2.24, 2.45) is 0 Å². The monoisotopic (exact) mass is 327 g/mol. The van der Waals surface area contributed by atoms with Gasteiger partial charge in [0.15, 0.2) is 6.10 Å². The molecule has 1 N–H and O–H groups in total. The van der Waals surface area contributed by atoms with Gasteiger partial charge in [0, 0.05) is 13.5 Å². The molecule has 24 heavy (non-hydrogen) atoms. The normalized spacial score (nSPS) is 12.9. The molecule has 0 saturated carbocycles. The van der Waals surface area contributed by atoms with Crippen molar-refractivity contribution in [2.45, 2.75) is 18.6 Å². The lowest BCUT2D eigenvalue weighted by Crippen LogP contribution is -2.45. The molecule has 0 bridgehead atoms. The number of benzene rings is 2. The van der Waals surface area contributed by atoms with Gasteiger partial charge in [0.1, 0.15) is 6.04 Å². The Morgan fingerprint density at radius 1 is 0.958 bits per heavy atom. The first-order valence-corrected chi connectivity index (χ1v) is 7.65. The summed E-state index contributed by atoms with van der Waals surface area (Å²) in [6.45, 7) is 0. The summed E-state index contributed by atoms with van der Waals surface area (Å²) in [6.07, 6.45) is -0.432. The number of amides is 1. The minimum atomic E-state index is -0.783. The third kappa shape index (κ3) is 4.67. The number of carbonyl (C=O) groups excluding carboxylic acids is 2. The maximum Gasteiger partial charge on any atom is 0.328 e. The molecule has 0 spiro atoms. The van der Waals surface area contributed by atoms with Crippen LogP contribution < -0.4 is 5.32 Å².